The largest absolute Gasteiger partial charge is 0.493 e. The van der Waals surface area contributed by atoms with Crippen LogP contribution in [0.25, 0.3) is 0 Å². The third-order valence-corrected chi connectivity index (χ3v) is 4.40. The normalized spacial score (nSPS) is 16.7. The van der Waals surface area contributed by atoms with Crippen LogP contribution in [0.3, 0.4) is 0 Å². The zero-order valence-corrected chi connectivity index (χ0v) is 14.4. The molecule has 0 spiro atoms. The van der Waals surface area contributed by atoms with E-state index in [-0.39, 0.29) is 11.9 Å². The van der Waals surface area contributed by atoms with Gasteiger partial charge in [0.25, 0.3) is 5.91 Å². The second kappa shape index (κ2) is 6.16. The van der Waals surface area contributed by atoms with Crippen molar-refractivity contribution in [3.05, 3.63) is 35.0 Å². The van der Waals surface area contributed by atoms with Gasteiger partial charge in [0.15, 0.2) is 11.5 Å². The van der Waals surface area contributed by atoms with Gasteiger partial charge in [-0.3, -0.25) is 14.4 Å². The summed E-state index contributed by atoms with van der Waals surface area (Å²) in [7, 11) is 4.95. The maximum Gasteiger partial charge on any atom is 0.259 e. The molecule has 7 heteroatoms. The highest BCUT2D eigenvalue weighted by atomic mass is 16.5. The summed E-state index contributed by atoms with van der Waals surface area (Å²) in [5.41, 5.74) is 8.56. The third kappa shape index (κ3) is 2.50. The lowest BCUT2D eigenvalue weighted by Gasteiger charge is -2.31. The van der Waals surface area contributed by atoms with Gasteiger partial charge in [0.2, 0.25) is 0 Å². The summed E-state index contributed by atoms with van der Waals surface area (Å²) in [6, 6.07) is 5.07. The minimum Gasteiger partial charge on any atom is -0.493 e. The molecule has 0 saturated carbocycles. The number of amides is 1. The molecule has 1 aliphatic heterocycles. The topological polar surface area (TPSA) is 82.6 Å². The number of fused-ring (bicyclic) bond motifs is 1. The van der Waals surface area contributed by atoms with Crippen LogP contribution < -0.4 is 20.1 Å². The molecule has 1 amide bonds. The van der Waals surface area contributed by atoms with Crippen molar-refractivity contribution in [1.82, 2.24) is 9.78 Å². The van der Waals surface area contributed by atoms with E-state index in [1.807, 2.05) is 14.0 Å². The Morgan fingerprint density at radius 2 is 2.00 bits per heavy atom. The minimum absolute atomic E-state index is 0.0943. The summed E-state index contributed by atoms with van der Waals surface area (Å²) in [4.78, 5) is 14.8. The van der Waals surface area contributed by atoms with Gasteiger partial charge >= 0.3 is 0 Å². The summed E-state index contributed by atoms with van der Waals surface area (Å²) in [5, 5.41) is 4.43. The van der Waals surface area contributed by atoms with Crippen molar-refractivity contribution in [2.75, 3.05) is 25.7 Å². The van der Waals surface area contributed by atoms with E-state index in [4.69, 9.17) is 15.2 Å². The molecule has 2 N–H and O–H groups in total. The van der Waals surface area contributed by atoms with E-state index in [0.29, 0.717) is 30.0 Å². The van der Waals surface area contributed by atoms with Crippen LogP contribution in [0.2, 0.25) is 0 Å². The van der Waals surface area contributed by atoms with E-state index in [0.717, 1.165) is 17.1 Å². The fourth-order valence-electron chi connectivity index (χ4n) is 3.26. The summed E-state index contributed by atoms with van der Waals surface area (Å²) in [6.07, 6.45) is 0.707. The van der Waals surface area contributed by atoms with Crippen LogP contribution in [0.1, 0.15) is 34.1 Å². The minimum atomic E-state index is -0.105. The van der Waals surface area contributed by atoms with Gasteiger partial charge in [0.1, 0.15) is 5.82 Å². The Hall–Kier alpha value is -2.54. The Balaban J connectivity index is 2.02. The van der Waals surface area contributed by atoms with E-state index in [1.54, 1.807) is 42.0 Å². The van der Waals surface area contributed by atoms with Gasteiger partial charge in [0, 0.05) is 30.8 Å². The zero-order valence-electron chi connectivity index (χ0n) is 14.4. The molecule has 0 aliphatic carbocycles. The lowest BCUT2D eigenvalue weighted by atomic mass is 9.99. The average Bonchev–Trinajstić information content (AvgIpc) is 2.89. The van der Waals surface area contributed by atoms with Gasteiger partial charge in [-0.05, 0) is 31.5 Å². The highest BCUT2D eigenvalue weighted by Crippen LogP contribution is 2.36. The molecule has 0 bridgehead atoms. The lowest BCUT2D eigenvalue weighted by molar-refractivity contribution is 0.0982. The molecule has 7 nitrogen and oxygen atoms in total. The van der Waals surface area contributed by atoms with Crippen molar-refractivity contribution in [3.63, 3.8) is 0 Å². The van der Waals surface area contributed by atoms with E-state index < -0.39 is 0 Å². The maximum atomic E-state index is 13.0. The average molecular weight is 330 g/mol. The monoisotopic (exact) mass is 330 g/mol. The zero-order chi connectivity index (χ0) is 17.4. The van der Waals surface area contributed by atoms with Gasteiger partial charge in [-0.2, -0.15) is 5.10 Å². The molecule has 1 aromatic heterocycles. The Labute approximate surface area is 140 Å². The molecule has 1 aromatic carbocycles. The first kappa shape index (κ1) is 16.3. The number of carbonyl (C=O) groups is 1. The fraction of sp³-hybridized carbons (Fsp3) is 0.412. The van der Waals surface area contributed by atoms with Crippen LogP contribution in [0, 0.1) is 6.92 Å². The van der Waals surface area contributed by atoms with Crippen LogP contribution in [0.4, 0.5) is 5.82 Å². The van der Waals surface area contributed by atoms with Crippen molar-refractivity contribution in [2.45, 2.75) is 19.4 Å². The van der Waals surface area contributed by atoms with Crippen molar-refractivity contribution in [1.29, 1.82) is 0 Å². The number of rotatable bonds is 3. The number of ether oxygens (including phenoxy) is 2. The molecule has 3 rings (SSSR count). The molecule has 128 valence electrons. The number of methoxy groups -OCH3 is 2. The summed E-state index contributed by atoms with van der Waals surface area (Å²) in [6.45, 7) is 2.48. The van der Waals surface area contributed by atoms with Gasteiger partial charge < -0.3 is 15.2 Å². The summed E-state index contributed by atoms with van der Waals surface area (Å²) in [5.74, 6) is 1.78. The van der Waals surface area contributed by atoms with Gasteiger partial charge in [-0.15, -0.1) is 0 Å². The van der Waals surface area contributed by atoms with Crippen LogP contribution in [-0.2, 0) is 7.05 Å². The first-order chi connectivity index (χ1) is 11.5. The quantitative estimate of drug-likeness (QED) is 0.928. The summed E-state index contributed by atoms with van der Waals surface area (Å²) >= 11 is 0. The number of anilines is 1. The number of benzene rings is 1. The van der Waals surface area contributed by atoms with Crippen molar-refractivity contribution < 1.29 is 14.3 Å². The number of nitrogens with two attached hydrogens (primary N) is 1. The molecule has 2 heterocycles. The SMILES string of the molecule is COc1ccc(C(=O)N2CCC(N)c3c(C)nn(C)c32)cc1OC. The Morgan fingerprint density at radius 3 is 2.67 bits per heavy atom. The van der Waals surface area contributed by atoms with E-state index in [2.05, 4.69) is 5.10 Å². The van der Waals surface area contributed by atoms with Crippen LogP contribution in [0.5, 0.6) is 11.5 Å². The first-order valence-electron chi connectivity index (χ1n) is 7.81. The lowest BCUT2D eigenvalue weighted by Crippen LogP contribution is -2.39. The summed E-state index contributed by atoms with van der Waals surface area (Å²) < 4.78 is 12.2. The van der Waals surface area contributed by atoms with Gasteiger partial charge in [-0.25, -0.2) is 0 Å². The molecule has 24 heavy (non-hydrogen) atoms. The molecule has 1 atom stereocenters. The van der Waals surface area contributed by atoms with Crippen LogP contribution >= 0.6 is 0 Å². The number of carbonyl (C=O) groups excluding carboxylic acids is 1. The number of hydrogen-bond acceptors (Lipinski definition) is 5. The van der Waals surface area contributed by atoms with E-state index >= 15 is 0 Å². The number of aromatic nitrogens is 2. The third-order valence-electron chi connectivity index (χ3n) is 4.40. The van der Waals surface area contributed by atoms with Gasteiger partial charge in [0.05, 0.1) is 19.9 Å². The predicted molar refractivity (Wildman–Crippen MR) is 90.7 cm³/mol. The number of hydrogen-bond donors (Lipinski definition) is 1. The second-order valence-corrected chi connectivity index (χ2v) is 5.87. The molecule has 0 radical (unpaired) electrons. The van der Waals surface area contributed by atoms with Crippen LogP contribution in [0.15, 0.2) is 18.2 Å². The second-order valence-electron chi connectivity index (χ2n) is 5.87. The Kier molecular flexibility index (Phi) is 4.19. The number of nitrogens with zero attached hydrogens (tertiary/aromatic N) is 3. The van der Waals surface area contributed by atoms with Crippen molar-refractivity contribution in [2.24, 2.45) is 12.8 Å². The van der Waals surface area contributed by atoms with E-state index in [9.17, 15) is 4.79 Å². The van der Waals surface area contributed by atoms with Crippen LogP contribution in [-0.4, -0.2) is 36.5 Å². The standard InChI is InChI=1S/C17H22N4O3/c1-10-15-12(18)7-8-21(16(15)20(2)19-10)17(22)11-5-6-13(23-3)14(9-11)24-4/h5-6,9,12H,7-8,18H2,1-4H3. The van der Waals surface area contributed by atoms with Crippen molar-refractivity contribution >= 4 is 11.7 Å². The highest BCUT2D eigenvalue weighted by molar-refractivity contribution is 6.06. The Morgan fingerprint density at radius 1 is 1.29 bits per heavy atom. The first-order valence-corrected chi connectivity index (χ1v) is 7.81. The highest BCUT2D eigenvalue weighted by Gasteiger charge is 2.32. The molecule has 1 aliphatic rings. The fourth-order valence-corrected chi connectivity index (χ4v) is 3.26. The van der Waals surface area contributed by atoms with Crippen molar-refractivity contribution in [3.8, 4) is 11.5 Å². The van der Waals surface area contributed by atoms with E-state index in [1.165, 1.54) is 0 Å². The molecular weight excluding hydrogens is 308 g/mol. The number of aryl methyl sites for hydroxylation is 2. The molecule has 2 aromatic rings. The van der Waals surface area contributed by atoms with Gasteiger partial charge in [-0.1, -0.05) is 0 Å². The smallest absolute Gasteiger partial charge is 0.259 e. The molecule has 0 saturated heterocycles. The molecule has 0 fully saturated rings. The molecule has 1 unspecified atom stereocenters. The molecular formula is C17H22N4O3. The predicted octanol–water partition coefficient (Wildman–Crippen LogP) is 1.80. The maximum absolute atomic E-state index is 13.0. The Bertz CT molecular complexity index is 784.